The maximum Gasteiger partial charge on any atom is 0.334 e. The lowest BCUT2D eigenvalue weighted by Gasteiger charge is -2.44. The summed E-state index contributed by atoms with van der Waals surface area (Å²) in [7, 11) is 0. The number of esters is 1. The van der Waals surface area contributed by atoms with Gasteiger partial charge in [-0.2, -0.15) is 0 Å². The van der Waals surface area contributed by atoms with Crippen molar-refractivity contribution in [2.75, 3.05) is 0 Å². The minimum Gasteiger partial charge on any atom is -0.456 e. The van der Waals surface area contributed by atoms with E-state index in [1.165, 1.54) is 0 Å². The second-order valence-electron chi connectivity index (χ2n) is 6.35. The molecule has 1 saturated carbocycles. The van der Waals surface area contributed by atoms with E-state index in [2.05, 4.69) is 6.58 Å². The maximum absolute atomic E-state index is 11.7. The van der Waals surface area contributed by atoms with Crippen LogP contribution in [0.25, 0.3) is 0 Å². The van der Waals surface area contributed by atoms with Crippen LogP contribution in [0.1, 0.15) is 32.6 Å². The monoisotopic (exact) mass is 264 g/mol. The summed E-state index contributed by atoms with van der Waals surface area (Å²) in [6, 6.07) is 0. The second-order valence-corrected chi connectivity index (χ2v) is 6.35. The first kappa shape index (κ1) is 12.9. The molecule has 19 heavy (non-hydrogen) atoms. The number of allylic oxidation sites excluding steroid dienone is 1. The zero-order valence-electron chi connectivity index (χ0n) is 11.1. The van der Waals surface area contributed by atoms with E-state index in [-0.39, 0.29) is 11.3 Å². The molecule has 0 aromatic rings. The molecule has 1 heterocycles. The van der Waals surface area contributed by atoms with E-state index in [9.17, 15) is 15.0 Å². The molecule has 2 bridgehead atoms. The van der Waals surface area contributed by atoms with Gasteiger partial charge < -0.3 is 14.9 Å². The third-order valence-corrected chi connectivity index (χ3v) is 5.03. The van der Waals surface area contributed by atoms with Gasteiger partial charge in [0.1, 0.15) is 6.10 Å². The molecule has 2 N–H and O–H groups in total. The highest BCUT2D eigenvalue weighted by atomic mass is 16.6. The maximum atomic E-state index is 11.7. The van der Waals surface area contributed by atoms with Crippen molar-refractivity contribution in [3.05, 3.63) is 23.8 Å². The number of rotatable bonds is 0. The lowest BCUT2D eigenvalue weighted by molar-refractivity contribution is -0.151. The van der Waals surface area contributed by atoms with Crippen molar-refractivity contribution >= 4 is 5.97 Å². The van der Waals surface area contributed by atoms with Crippen LogP contribution in [0.5, 0.6) is 0 Å². The molecule has 4 nitrogen and oxygen atoms in total. The van der Waals surface area contributed by atoms with Crippen LogP contribution in [0.4, 0.5) is 0 Å². The van der Waals surface area contributed by atoms with Gasteiger partial charge in [-0.05, 0) is 31.3 Å². The van der Waals surface area contributed by atoms with Gasteiger partial charge in [-0.1, -0.05) is 19.6 Å². The fourth-order valence-corrected chi connectivity index (χ4v) is 3.65. The Hall–Kier alpha value is -1.13. The van der Waals surface area contributed by atoms with Gasteiger partial charge in [0.25, 0.3) is 0 Å². The highest BCUT2D eigenvalue weighted by Crippen LogP contribution is 2.48. The van der Waals surface area contributed by atoms with E-state index < -0.39 is 24.3 Å². The Morgan fingerprint density at radius 1 is 1.47 bits per heavy atom. The van der Waals surface area contributed by atoms with Gasteiger partial charge in [0.2, 0.25) is 0 Å². The molecule has 104 valence electrons. The normalized spacial score (nSPS) is 45.9. The van der Waals surface area contributed by atoms with Gasteiger partial charge in [0.05, 0.1) is 12.2 Å². The van der Waals surface area contributed by atoms with Gasteiger partial charge in [-0.15, -0.1) is 0 Å². The van der Waals surface area contributed by atoms with Crippen LogP contribution in [0, 0.1) is 11.3 Å². The first-order valence-corrected chi connectivity index (χ1v) is 6.87. The largest absolute Gasteiger partial charge is 0.456 e. The zero-order valence-corrected chi connectivity index (χ0v) is 11.1. The van der Waals surface area contributed by atoms with E-state index >= 15 is 0 Å². The number of aliphatic hydroxyl groups excluding tert-OH is 2. The predicted octanol–water partition coefficient (Wildman–Crippen LogP) is 1.33. The molecule has 0 aromatic carbocycles. The van der Waals surface area contributed by atoms with E-state index in [1.54, 1.807) is 0 Å². The van der Waals surface area contributed by atoms with Crippen molar-refractivity contribution in [3.8, 4) is 0 Å². The van der Waals surface area contributed by atoms with Crippen molar-refractivity contribution in [1.82, 2.24) is 0 Å². The van der Waals surface area contributed by atoms with Gasteiger partial charge >= 0.3 is 5.97 Å². The Morgan fingerprint density at radius 2 is 2.21 bits per heavy atom. The summed E-state index contributed by atoms with van der Waals surface area (Å²) in [4.78, 5) is 11.7. The SMILES string of the molecule is C=C1C(=O)OC2C1CC=C1CC(C)(CCC1O)C2O. The lowest BCUT2D eigenvalue weighted by Crippen LogP contribution is -2.48. The number of hydrogen-bond donors (Lipinski definition) is 2. The third-order valence-electron chi connectivity index (χ3n) is 5.03. The fraction of sp³-hybridized carbons (Fsp3) is 0.667. The predicted molar refractivity (Wildman–Crippen MR) is 69.2 cm³/mol. The van der Waals surface area contributed by atoms with E-state index in [4.69, 9.17) is 4.74 Å². The van der Waals surface area contributed by atoms with Crippen LogP contribution >= 0.6 is 0 Å². The second kappa shape index (κ2) is 4.18. The van der Waals surface area contributed by atoms with Crippen LogP contribution in [0.2, 0.25) is 0 Å². The number of ether oxygens (including phenoxy) is 1. The summed E-state index contributed by atoms with van der Waals surface area (Å²) < 4.78 is 5.33. The van der Waals surface area contributed by atoms with Crippen molar-refractivity contribution in [2.45, 2.75) is 50.9 Å². The molecule has 3 aliphatic rings. The van der Waals surface area contributed by atoms with Crippen LogP contribution < -0.4 is 0 Å². The smallest absolute Gasteiger partial charge is 0.334 e. The molecule has 4 heteroatoms. The molecule has 3 rings (SSSR count). The first-order valence-electron chi connectivity index (χ1n) is 6.87. The minimum absolute atomic E-state index is 0.164. The van der Waals surface area contributed by atoms with E-state index in [0.29, 0.717) is 24.8 Å². The molecule has 5 unspecified atom stereocenters. The molecular weight excluding hydrogens is 244 g/mol. The van der Waals surface area contributed by atoms with E-state index in [1.807, 2.05) is 13.0 Å². The first-order chi connectivity index (χ1) is 8.92. The number of hydrogen-bond acceptors (Lipinski definition) is 4. The van der Waals surface area contributed by atoms with Crippen molar-refractivity contribution < 1.29 is 19.7 Å². The van der Waals surface area contributed by atoms with Crippen LogP contribution in [0.3, 0.4) is 0 Å². The van der Waals surface area contributed by atoms with Crippen molar-refractivity contribution in [3.63, 3.8) is 0 Å². The summed E-state index contributed by atoms with van der Waals surface area (Å²) in [5.41, 5.74) is 1.09. The molecule has 1 aliphatic heterocycles. The zero-order chi connectivity index (χ0) is 13.8. The molecule has 0 radical (unpaired) electrons. The molecule has 1 saturated heterocycles. The van der Waals surface area contributed by atoms with Gasteiger partial charge in [-0.3, -0.25) is 0 Å². The molecule has 2 aliphatic carbocycles. The van der Waals surface area contributed by atoms with Gasteiger partial charge in [-0.25, -0.2) is 4.79 Å². The summed E-state index contributed by atoms with van der Waals surface area (Å²) in [5, 5.41) is 20.7. The quantitative estimate of drug-likeness (QED) is 0.393. The topological polar surface area (TPSA) is 66.8 Å². The van der Waals surface area contributed by atoms with Gasteiger partial charge in [0, 0.05) is 16.9 Å². The van der Waals surface area contributed by atoms with Crippen LogP contribution in [0.15, 0.2) is 23.8 Å². The number of aliphatic hydroxyl groups is 2. The highest BCUT2D eigenvalue weighted by molar-refractivity contribution is 5.91. The van der Waals surface area contributed by atoms with Crippen molar-refractivity contribution in [1.29, 1.82) is 0 Å². The third kappa shape index (κ3) is 1.85. The van der Waals surface area contributed by atoms with E-state index in [0.717, 1.165) is 12.0 Å². The molecular formula is C15H20O4. The minimum atomic E-state index is -0.697. The number of carbonyl (C=O) groups is 1. The molecule has 0 aromatic heterocycles. The van der Waals surface area contributed by atoms with Crippen molar-refractivity contribution in [2.24, 2.45) is 11.3 Å². The standard InChI is InChI=1S/C15H20O4/c1-8-10-4-3-9-7-15(2,6-5-11(9)16)13(17)12(10)19-14(8)18/h3,10-13,16-17H,1,4-7H2,2H3. The summed E-state index contributed by atoms with van der Waals surface area (Å²) in [6.45, 7) is 5.79. The average molecular weight is 264 g/mol. The molecule has 0 spiro atoms. The highest BCUT2D eigenvalue weighted by Gasteiger charge is 2.51. The Kier molecular flexibility index (Phi) is 2.84. The molecule has 0 amide bonds. The van der Waals surface area contributed by atoms with Gasteiger partial charge in [0.15, 0.2) is 0 Å². The molecule has 2 fully saturated rings. The molecule has 5 atom stereocenters. The van der Waals surface area contributed by atoms with Crippen LogP contribution in [-0.2, 0) is 9.53 Å². The summed E-state index contributed by atoms with van der Waals surface area (Å²) >= 11 is 0. The summed E-state index contributed by atoms with van der Waals surface area (Å²) in [5.74, 6) is -0.560. The average Bonchev–Trinajstić information content (AvgIpc) is 2.65. The fourth-order valence-electron chi connectivity index (χ4n) is 3.65. The Labute approximate surface area is 112 Å². The van der Waals surface area contributed by atoms with Crippen LogP contribution in [-0.4, -0.2) is 34.5 Å². The summed E-state index contributed by atoms with van der Waals surface area (Å²) in [6.07, 6.45) is 3.08. The Morgan fingerprint density at radius 3 is 2.95 bits per heavy atom. The Balaban J connectivity index is 2.01. The lowest BCUT2D eigenvalue weighted by atomic mass is 9.64. The Bertz CT molecular complexity index is 467. The number of fused-ring (bicyclic) bond motifs is 3. The number of carbonyl (C=O) groups excluding carboxylic acids is 1.